The molecule has 2 saturated heterocycles. The number of nitrogens with zero attached hydrogens (tertiary/aromatic N) is 3. The van der Waals surface area contributed by atoms with E-state index in [2.05, 4.69) is 32.6 Å². The first kappa shape index (κ1) is 34.6. The fourth-order valence-electron chi connectivity index (χ4n) is 6.70. The van der Waals surface area contributed by atoms with Crippen molar-refractivity contribution in [3.8, 4) is 11.5 Å². The van der Waals surface area contributed by atoms with Gasteiger partial charge < -0.3 is 29.9 Å². The Morgan fingerprint density at radius 2 is 1.79 bits per heavy atom. The normalized spacial score (nSPS) is 21.7. The van der Waals surface area contributed by atoms with Gasteiger partial charge in [-0.1, -0.05) is 49.7 Å². The van der Waals surface area contributed by atoms with Crippen molar-refractivity contribution in [3.05, 3.63) is 65.2 Å². The van der Waals surface area contributed by atoms with E-state index in [1.807, 2.05) is 43.0 Å². The summed E-state index contributed by atoms with van der Waals surface area (Å²) in [6.07, 6.45) is 7.04. The van der Waals surface area contributed by atoms with Crippen molar-refractivity contribution in [2.75, 3.05) is 71.0 Å². The van der Waals surface area contributed by atoms with Crippen LogP contribution < -0.4 is 25.0 Å². The molecule has 5 rings (SSSR count). The van der Waals surface area contributed by atoms with E-state index < -0.39 is 11.9 Å². The second kappa shape index (κ2) is 15.9. The van der Waals surface area contributed by atoms with E-state index in [9.17, 15) is 14.4 Å². The van der Waals surface area contributed by atoms with Gasteiger partial charge in [0.1, 0.15) is 24.1 Å². The average molecular weight is 666 g/mol. The highest BCUT2D eigenvalue weighted by atomic mass is 35.5. The molecule has 1 spiro atoms. The number of fused-ring (bicyclic) bond motifs is 1. The van der Waals surface area contributed by atoms with Crippen LogP contribution in [0.2, 0.25) is 5.02 Å². The number of methoxy groups -OCH3 is 1. The van der Waals surface area contributed by atoms with Crippen LogP contribution in [0, 0.1) is 11.3 Å². The lowest BCUT2D eigenvalue weighted by molar-refractivity contribution is -0.133. The highest BCUT2D eigenvalue weighted by molar-refractivity contribution is 6.31. The third-order valence-corrected chi connectivity index (χ3v) is 9.77. The number of hydrogen-bond donors (Lipinski definition) is 2. The number of piperidine rings is 1. The van der Waals surface area contributed by atoms with E-state index in [1.54, 1.807) is 25.3 Å². The lowest BCUT2D eigenvalue weighted by Gasteiger charge is -2.42. The van der Waals surface area contributed by atoms with Crippen LogP contribution in [0.1, 0.15) is 49.9 Å². The zero-order valence-electron chi connectivity index (χ0n) is 27.8. The van der Waals surface area contributed by atoms with Gasteiger partial charge in [0, 0.05) is 37.7 Å². The van der Waals surface area contributed by atoms with Gasteiger partial charge in [-0.05, 0) is 80.4 Å². The Balaban J connectivity index is 1.20. The van der Waals surface area contributed by atoms with E-state index in [0.29, 0.717) is 55.5 Å². The summed E-state index contributed by atoms with van der Waals surface area (Å²) >= 11 is 6.20. The molecule has 254 valence electrons. The highest BCUT2D eigenvalue weighted by Crippen LogP contribution is 2.35. The SMILES string of the molecule is COc1ccccc1N1CCN(C(=O)CN2CCC3(C/C=C/COc4ccc(Cl)cc4C(=O)N[C@@H](CC(C)C)C(=O)NC3)CC2)CC1. The Kier molecular flexibility index (Phi) is 11.7. The first-order chi connectivity index (χ1) is 22.7. The standard InChI is InChI=1S/C36H48ClN5O5/c1-26(2)22-29-35(45)38-25-36(12-6-7-21-47-31-11-10-27(37)23-28(31)34(44)39-29)13-15-40(16-14-36)24-33(43)42-19-17-41(18-20-42)30-8-4-5-9-32(30)46-3/h4-11,23,26,29H,12-22,24-25H2,1-3H3,(H,38,45)(H,39,44)/b7-6+/t29-/m0/s1. The molecule has 2 aromatic carbocycles. The summed E-state index contributed by atoms with van der Waals surface area (Å²) in [7, 11) is 1.68. The topological polar surface area (TPSA) is 103 Å². The minimum atomic E-state index is -0.689. The minimum Gasteiger partial charge on any atom is -0.495 e. The number of amides is 3. The molecule has 3 heterocycles. The van der Waals surface area contributed by atoms with Crippen LogP contribution in [-0.4, -0.2) is 99.6 Å². The minimum absolute atomic E-state index is 0.158. The lowest BCUT2D eigenvalue weighted by Crippen LogP contribution is -2.54. The molecule has 2 fully saturated rings. The number of allylic oxidation sites excluding steroid dienone is 1. The second-order valence-corrected chi connectivity index (χ2v) is 13.8. The fourth-order valence-corrected chi connectivity index (χ4v) is 6.87. The van der Waals surface area contributed by atoms with Gasteiger partial charge in [-0.3, -0.25) is 19.3 Å². The van der Waals surface area contributed by atoms with E-state index >= 15 is 0 Å². The van der Waals surface area contributed by atoms with Gasteiger partial charge in [0.15, 0.2) is 0 Å². The Labute approximate surface area is 283 Å². The molecular weight excluding hydrogens is 618 g/mol. The van der Waals surface area contributed by atoms with E-state index in [-0.39, 0.29) is 23.1 Å². The third kappa shape index (κ3) is 8.99. The lowest BCUT2D eigenvalue weighted by atomic mass is 9.75. The van der Waals surface area contributed by atoms with Crippen molar-refractivity contribution in [1.82, 2.24) is 20.4 Å². The van der Waals surface area contributed by atoms with Crippen LogP contribution in [0.15, 0.2) is 54.6 Å². The molecule has 0 unspecified atom stereocenters. The van der Waals surface area contributed by atoms with E-state index in [0.717, 1.165) is 56.9 Å². The van der Waals surface area contributed by atoms with Crippen LogP contribution in [0.25, 0.3) is 0 Å². The number of rotatable bonds is 6. The Bertz CT molecular complexity index is 1430. The summed E-state index contributed by atoms with van der Waals surface area (Å²) in [5.41, 5.74) is 1.21. The van der Waals surface area contributed by atoms with Crippen LogP contribution in [-0.2, 0) is 9.59 Å². The number of likely N-dealkylation sites (tertiary alicyclic amines) is 1. The molecule has 11 heteroatoms. The molecule has 0 aliphatic carbocycles. The largest absolute Gasteiger partial charge is 0.495 e. The summed E-state index contributed by atoms with van der Waals surface area (Å²) in [5, 5.41) is 6.55. The Morgan fingerprint density at radius 3 is 2.51 bits per heavy atom. The predicted molar refractivity (Wildman–Crippen MR) is 184 cm³/mol. The van der Waals surface area contributed by atoms with Gasteiger partial charge >= 0.3 is 0 Å². The van der Waals surface area contributed by atoms with Crippen LogP contribution >= 0.6 is 11.6 Å². The van der Waals surface area contributed by atoms with Crippen molar-refractivity contribution in [2.45, 2.75) is 45.6 Å². The Morgan fingerprint density at radius 1 is 1.04 bits per heavy atom. The molecule has 1 atom stereocenters. The maximum Gasteiger partial charge on any atom is 0.255 e. The zero-order valence-corrected chi connectivity index (χ0v) is 28.6. The van der Waals surface area contributed by atoms with Crippen molar-refractivity contribution in [3.63, 3.8) is 0 Å². The number of ether oxygens (including phenoxy) is 2. The quantitative estimate of drug-likeness (QED) is 0.442. The second-order valence-electron chi connectivity index (χ2n) is 13.3. The first-order valence-electron chi connectivity index (χ1n) is 16.7. The number of piperazine rings is 1. The molecule has 10 nitrogen and oxygen atoms in total. The summed E-state index contributed by atoms with van der Waals surface area (Å²) in [6.45, 7) is 9.70. The maximum absolute atomic E-state index is 13.5. The van der Waals surface area contributed by atoms with Crippen molar-refractivity contribution in [2.24, 2.45) is 11.3 Å². The number of halogens is 1. The summed E-state index contributed by atoms with van der Waals surface area (Å²) in [6, 6.07) is 12.3. The molecule has 47 heavy (non-hydrogen) atoms. The van der Waals surface area contributed by atoms with Gasteiger partial charge in [-0.25, -0.2) is 0 Å². The third-order valence-electron chi connectivity index (χ3n) is 9.54. The van der Waals surface area contributed by atoms with E-state index in [1.165, 1.54) is 0 Å². The average Bonchev–Trinajstić information content (AvgIpc) is 3.07. The zero-order chi connectivity index (χ0) is 33.4. The Hall–Kier alpha value is -3.76. The van der Waals surface area contributed by atoms with Crippen LogP contribution in [0.4, 0.5) is 5.69 Å². The number of benzene rings is 2. The summed E-state index contributed by atoms with van der Waals surface area (Å²) < 4.78 is 11.5. The van der Waals surface area contributed by atoms with E-state index in [4.69, 9.17) is 21.1 Å². The van der Waals surface area contributed by atoms with Gasteiger partial charge in [-0.15, -0.1) is 0 Å². The first-order valence-corrected chi connectivity index (χ1v) is 17.1. The molecule has 3 amide bonds. The number of carbonyl (C=O) groups excluding carboxylic acids is 3. The van der Waals surface area contributed by atoms with Gasteiger partial charge in [-0.2, -0.15) is 0 Å². The number of carbonyl (C=O) groups is 3. The van der Waals surface area contributed by atoms with Gasteiger partial charge in [0.25, 0.3) is 5.91 Å². The number of hydrogen-bond acceptors (Lipinski definition) is 7. The number of para-hydroxylation sites is 2. The van der Waals surface area contributed by atoms with Crippen molar-refractivity contribution in [1.29, 1.82) is 0 Å². The van der Waals surface area contributed by atoms with Gasteiger partial charge in [0.05, 0.1) is 24.9 Å². The highest BCUT2D eigenvalue weighted by Gasteiger charge is 2.36. The molecule has 2 aromatic rings. The maximum atomic E-state index is 13.5. The molecule has 3 aliphatic heterocycles. The smallest absolute Gasteiger partial charge is 0.255 e. The molecule has 0 bridgehead atoms. The van der Waals surface area contributed by atoms with Crippen molar-refractivity contribution < 1.29 is 23.9 Å². The molecule has 3 aliphatic rings. The predicted octanol–water partition coefficient (Wildman–Crippen LogP) is 4.38. The molecule has 0 aromatic heterocycles. The number of anilines is 1. The van der Waals surface area contributed by atoms with Gasteiger partial charge in [0.2, 0.25) is 11.8 Å². The van der Waals surface area contributed by atoms with Crippen LogP contribution in [0.5, 0.6) is 11.5 Å². The molecule has 0 radical (unpaired) electrons. The molecular formula is C36H48ClN5O5. The fraction of sp³-hybridized carbons (Fsp3) is 0.528. The monoisotopic (exact) mass is 665 g/mol. The summed E-state index contributed by atoms with van der Waals surface area (Å²) in [5.74, 6) is 1.04. The summed E-state index contributed by atoms with van der Waals surface area (Å²) in [4.78, 5) is 46.7. The van der Waals surface area contributed by atoms with Crippen molar-refractivity contribution >= 4 is 35.0 Å². The molecule has 2 N–H and O–H groups in total. The molecule has 0 saturated carbocycles. The van der Waals surface area contributed by atoms with Crippen LogP contribution in [0.3, 0.4) is 0 Å². The number of nitrogens with one attached hydrogen (secondary N) is 2.